The van der Waals surface area contributed by atoms with Crippen molar-refractivity contribution in [3.63, 3.8) is 0 Å². The number of carbonyl (C=O) groups excluding carboxylic acids is 2. The molecule has 2 fully saturated rings. The lowest BCUT2D eigenvalue weighted by atomic mass is 10.2. The van der Waals surface area contributed by atoms with E-state index in [1.54, 1.807) is 0 Å². The number of amides is 2. The lowest BCUT2D eigenvalue weighted by Crippen LogP contribution is -2.53. The molecule has 0 spiro atoms. The van der Waals surface area contributed by atoms with Gasteiger partial charge in [0.1, 0.15) is 6.10 Å². The minimum atomic E-state index is -0.437. The monoisotopic (exact) mass is 355 g/mol. The number of nitrogens with zero attached hydrogens (tertiary/aromatic N) is 3. The van der Waals surface area contributed by atoms with Crippen LogP contribution in [0.1, 0.15) is 33.6 Å². The fourth-order valence-electron chi connectivity index (χ4n) is 3.35. The van der Waals surface area contributed by atoms with E-state index >= 15 is 0 Å². The third-order valence-electron chi connectivity index (χ3n) is 5.06. The van der Waals surface area contributed by atoms with Crippen LogP contribution in [0.15, 0.2) is 0 Å². The zero-order valence-electron chi connectivity index (χ0n) is 15.9. The highest BCUT2D eigenvalue weighted by atomic mass is 16.5. The van der Waals surface area contributed by atoms with E-state index in [1.165, 1.54) is 0 Å². The standard InChI is InChI=1S/C18H33N3O4/c1-4-20(5-2)17(22)13-19-8-10-21(11-9-19)18(23)15(3)25-14-16-7-6-12-24-16/h15-16H,4-14H2,1-3H3. The van der Waals surface area contributed by atoms with Crippen molar-refractivity contribution in [2.45, 2.75) is 45.8 Å². The normalized spacial score (nSPS) is 22.8. The van der Waals surface area contributed by atoms with Crippen LogP contribution >= 0.6 is 0 Å². The molecule has 2 saturated heterocycles. The van der Waals surface area contributed by atoms with Gasteiger partial charge < -0.3 is 19.3 Å². The summed E-state index contributed by atoms with van der Waals surface area (Å²) in [6, 6.07) is 0. The molecule has 25 heavy (non-hydrogen) atoms. The quantitative estimate of drug-likeness (QED) is 0.637. The topological polar surface area (TPSA) is 62.3 Å². The summed E-state index contributed by atoms with van der Waals surface area (Å²) < 4.78 is 11.2. The van der Waals surface area contributed by atoms with Crippen molar-refractivity contribution in [1.82, 2.24) is 14.7 Å². The van der Waals surface area contributed by atoms with E-state index in [0.29, 0.717) is 26.2 Å². The van der Waals surface area contributed by atoms with Crippen LogP contribution in [0, 0.1) is 0 Å². The third-order valence-corrected chi connectivity index (χ3v) is 5.06. The Morgan fingerprint density at radius 3 is 2.44 bits per heavy atom. The summed E-state index contributed by atoms with van der Waals surface area (Å²) in [5, 5.41) is 0. The average molecular weight is 355 g/mol. The molecule has 0 radical (unpaired) electrons. The first-order valence-electron chi connectivity index (χ1n) is 9.57. The molecule has 0 saturated carbocycles. The second-order valence-corrected chi connectivity index (χ2v) is 6.78. The number of ether oxygens (including phenoxy) is 2. The molecule has 0 N–H and O–H groups in total. The molecular formula is C18H33N3O4. The number of rotatable bonds is 8. The van der Waals surface area contributed by atoms with Gasteiger partial charge in [0, 0.05) is 45.9 Å². The van der Waals surface area contributed by atoms with E-state index in [0.717, 1.165) is 45.6 Å². The van der Waals surface area contributed by atoms with Crippen LogP contribution in [-0.4, -0.2) is 97.7 Å². The first-order chi connectivity index (χ1) is 12.0. The van der Waals surface area contributed by atoms with E-state index in [-0.39, 0.29) is 17.9 Å². The minimum Gasteiger partial charge on any atom is -0.376 e. The summed E-state index contributed by atoms with van der Waals surface area (Å²) in [6.07, 6.45) is 1.79. The number of hydrogen-bond donors (Lipinski definition) is 0. The van der Waals surface area contributed by atoms with Gasteiger partial charge in [-0.1, -0.05) is 0 Å². The van der Waals surface area contributed by atoms with Gasteiger partial charge in [0.15, 0.2) is 0 Å². The van der Waals surface area contributed by atoms with Crippen molar-refractivity contribution < 1.29 is 19.1 Å². The van der Waals surface area contributed by atoms with Gasteiger partial charge in [-0.05, 0) is 33.6 Å². The van der Waals surface area contributed by atoms with Crippen molar-refractivity contribution in [2.75, 3.05) is 59.0 Å². The molecule has 0 aromatic carbocycles. The van der Waals surface area contributed by atoms with Crippen LogP contribution in [0.5, 0.6) is 0 Å². The van der Waals surface area contributed by atoms with Gasteiger partial charge in [-0.2, -0.15) is 0 Å². The molecule has 2 amide bonds. The van der Waals surface area contributed by atoms with Gasteiger partial charge in [0.05, 0.1) is 19.3 Å². The molecular weight excluding hydrogens is 322 g/mol. The van der Waals surface area contributed by atoms with Gasteiger partial charge in [0.25, 0.3) is 5.91 Å². The minimum absolute atomic E-state index is 0.0349. The van der Waals surface area contributed by atoms with Crippen LogP contribution in [0.3, 0.4) is 0 Å². The fraction of sp³-hybridized carbons (Fsp3) is 0.889. The van der Waals surface area contributed by atoms with Crippen LogP contribution < -0.4 is 0 Å². The predicted molar refractivity (Wildman–Crippen MR) is 95.3 cm³/mol. The van der Waals surface area contributed by atoms with Crippen molar-refractivity contribution in [3.8, 4) is 0 Å². The Morgan fingerprint density at radius 1 is 1.20 bits per heavy atom. The number of carbonyl (C=O) groups is 2. The Kier molecular flexibility index (Phi) is 8.12. The molecule has 2 aliphatic heterocycles. The summed E-state index contributed by atoms with van der Waals surface area (Å²) in [6.45, 7) is 11.8. The van der Waals surface area contributed by atoms with E-state index in [1.807, 2.05) is 30.6 Å². The Bertz CT molecular complexity index is 428. The SMILES string of the molecule is CCN(CC)C(=O)CN1CCN(C(=O)C(C)OCC2CCCO2)CC1. The molecule has 2 atom stereocenters. The Morgan fingerprint density at radius 2 is 1.88 bits per heavy atom. The fourth-order valence-corrected chi connectivity index (χ4v) is 3.35. The predicted octanol–water partition coefficient (Wildman–Crippen LogP) is 0.583. The summed E-state index contributed by atoms with van der Waals surface area (Å²) in [4.78, 5) is 30.5. The van der Waals surface area contributed by atoms with E-state index in [9.17, 15) is 9.59 Å². The second kappa shape index (κ2) is 10.1. The molecule has 0 bridgehead atoms. The van der Waals surface area contributed by atoms with Crippen molar-refractivity contribution in [3.05, 3.63) is 0 Å². The second-order valence-electron chi connectivity index (χ2n) is 6.78. The first kappa shape index (κ1) is 20.1. The van der Waals surface area contributed by atoms with Crippen LogP contribution in [0.2, 0.25) is 0 Å². The molecule has 7 heteroatoms. The first-order valence-corrected chi connectivity index (χ1v) is 9.57. The van der Waals surface area contributed by atoms with Gasteiger partial charge in [-0.15, -0.1) is 0 Å². The molecule has 2 unspecified atom stereocenters. The molecule has 0 aliphatic carbocycles. The van der Waals surface area contributed by atoms with Gasteiger partial charge >= 0.3 is 0 Å². The van der Waals surface area contributed by atoms with E-state index in [2.05, 4.69) is 4.90 Å². The zero-order chi connectivity index (χ0) is 18.2. The highest BCUT2D eigenvalue weighted by Gasteiger charge is 2.27. The van der Waals surface area contributed by atoms with E-state index < -0.39 is 6.10 Å². The average Bonchev–Trinajstić information content (AvgIpc) is 3.14. The summed E-state index contributed by atoms with van der Waals surface area (Å²) in [5.74, 6) is 0.200. The maximum absolute atomic E-state index is 12.5. The van der Waals surface area contributed by atoms with E-state index in [4.69, 9.17) is 9.47 Å². The molecule has 2 aliphatic rings. The van der Waals surface area contributed by atoms with Crippen molar-refractivity contribution in [2.24, 2.45) is 0 Å². The Labute approximate surface area is 151 Å². The highest BCUT2D eigenvalue weighted by molar-refractivity contribution is 5.81. The number of piperazine rings is 1. The molecule has 2 rings (SSSR count). The molecule has 0 aromatic rings. The summed E-state index contributed by atoms with van der Waals surface area (Å²) in [5.41, 5.74) is 0. The van der Waals surface area contributed by atoms with Gasteiger partial charge in [-0.3, -0.25) is 14.5 Å². The number of hydrogen-bond acceptors (Lipinski definition) is 5. The Hall–Kier alpha value is -1.18. The molecule has 144 valence electrons. The molecule has 2 heterocycles. The van der Waals surface area contributed by atoms with Crippen LogP contribution in [0.4, 0.5) is 0 Å². The lowest BCUT2D eigenvalue weighted by Gasteiger charge is -2.36. The largest absolute Gasteiger partial charge is 0.376 e. The van der Waals surface area contributed by atoms with Gasteiger partial charge in [0.2, 0.25) is 5.91 Å². The number of likely N-dealkylation sites (N-methyl/N-ethyl adjacent to an activating group) is 1. The van der Waals surface area contributed by atoms with Gasteiger partial charge in [-0.25, -0.2) is 0 Å². The maximum Gasteiger partial charge on any atom is 0.251 e. The van der Waals surface area contributed by atoms with Crippen LogP contribution in [0.25, 0.3) is 0 Å². The smallest absolute Gasteiger partial charge is 0.251 e. The Balaban J connectivity index is 1.69. The molecule has 0 aromatic heterocycles. The van der Waals surface area contributed by atoms with Crippen molar-refractivity contribution >= 4 is 11.8 Å². The lowest BCUT2D eigenvalue weighted by molar-refractivity contribution is -0.146. The van der Waals surface area contributed by atoms with Crippen LogP contribution in [-0.2, 0) is 19.1 Å². The third kappa shape index (κ3) is 5.94. The van der Waals surface area contributed by atoms with Crippen molar-refractivity contribution in [1.29, 1.82) is 0 Å². The zero-order valence-corrected chi connectivity index (χ0v) is 15.9. The maximum atomic E-state index is 12.5. The highest BCUT2D eigenvalue weighted by Crippen LogP contribution is 2.14. The summed E-state index contributed by atoms with van der Waals surface area (Å²) in [7, 11) is 0. The molecule has 7 nitrogen and oxygen atoms in total. The summed E-state index contributed by atoms with van der Waals surface area (Å²) >= 11 is 0.